The summed E-state index contributed by atoms with van der Waals surface area (Å²) >= 11 is 0. The smallest absolute Gasteiger partial charge is 0.247 e. The molecule has 0 spiro atoms. The highest BCUT2D eigenvalue weighted by molar-refractivity contribution is 7.92. The number of rotatable bonds is 4. The van der Waals surface area contributed by atoms with Gasteiger partial charge in [0.25, 0.3) is 0 Å². The highest BCUT2D eigenvalue weighted by Crippen LogP contribution is 2.28. The minimum Gasteiger partial charge on any atom is -0.310 e. The van der Waals surface area contributed by atoms with Crippen LogP contribution >= 0.6 is 0 Å². The Hall–Kier alpha value is -2.34. The molecular weight excluding hydrogens is 336 g/mol. The number of benzene rings is 2. The maximum absolute atomic E-state index is 12.8. The molecule has 0 atom stereocenters. The van der Waals surface area contributed by atoms with Crippen LogP contribution in [0.25, 0.3) is 0 Å². The molecule has 0 radical (unpaired) electrons. The van der Waals surface area contributed by atoms with Crippen LogP contribution in [0.3, 0.4) is 0 Å². The van der Waals surface area contributed by atoms with Crippen LogP contribution in [0.4, 0.5) is 11.4 Å². The standard InChI is InChI=1S/C19H22N2O3S/c1-14-10-15(2)12-17(11-14)21(25(3,23)24)13-19(22)20-9-8-16-6-4-5-7-18(16)20/h4-7,10-12H,8-9,13H2,1-3H3. The van der Waals surface area contributed by atoms with E-state index in [4.69, 9.17) is 0 Å². The molecule has 0 saturated carbocycles. The van der Waals surface area contributed by atoms with E-state index < -0.39 is 10.0 Å². The number of hydrogen-bond donors (Lipinski definition) is 0. The number of para-hydroxylation sites is 1. The van der Waals surface area contributed by atoms with E-state index in [1.807, 2.05) is 44.2 Å². The summed E-state index contributed by atoms with van der Waals surface area (Å²) in [6.07, 6.45) is 1.93. The monoisotopic (exact) mass is 358 g/mol. The van der Waals surface area contributed by atoms with Crippen LogP contribution in [-0.2, 0) is 21.2 Å². The van der Waals surface area contributed by atoms with Crippen LogP contribution < -0.4 is 9.21 Å². The molecule has 0 aromatic heterocycles. The van der Waals surface area contributed by atoms with Gasteiger partial charge in [0.2, 0.25) is 15.9 Å². The molecule has 3 rings (SSSR count). The number of nitrogens with zero attached hydrogens (tertiary/aromatic N) is 2. The Labute approximate surface area is 148 Å². The molecule has 2 aromatic carbocycles. The summed E-state index contributed by atoms with van der Waals surface area (Å²) in [5, 5.41) is 0. The lowest BCUT2D eigenvalue weighted by molar-refractivity contribution is -0.117. The molecule has 2 aromatic rings. The molecule has 1 heterocycles. The number of amides is 1. The lowest BCUT2D eigenvalue weighted by Gasteiger charge is -2.26. The Morgan fingerprint density at radius 3 is 2.40 bits per heavy atom. The van der Waals surface area contributed by atoms with Gasteiger partial charge in [-0.2, -0.15) is 0 Å². The largest absolute Gasteiger partial charge is 0.310 e. The van der Waals surface area contributed by atoms with Crippen molar-refractivity contribution in [2.45, 2.75) is 20.3 Å². The van der Waals surface area contributed by atoms with Crippen molar-refractivity contribution in [1.82, 2.24) is 0 Å². The normalized spacial score (nSPS) is 13.6. The molecule has 5 nitrogen and oxygen atoms in total. The Kier molecular flexibility index (Phi) is 4.56. The van der Waals surface area contributed by atoms with Crippen molar-refractivity contribution < 1.29 is 13.2 Å². The molecule has 0 unspecified atom stereocenters. The van der Waals surface area contributed by atoms with E-state index in [9.17, 15) is 13.2 Å². The van der Waals surface area contributed by atoms with E-state index in [0.29, 0.717) is 12.2 Å². The maximum atomic E-state index is 12.8. The van der Waals surface area contributed by atoms with Gasteiger partial charge in [0, 0.05) is 12.2 Å². The lowest BCUT2D eigenvalue weighted by Crippen LogP contribution is -2.42. The molecule has 0 aliphatic carbocycles. The van der Waals surface area contributed by atoms with Gasteiger partial charge in [-0.25, -0.2) is 8.42 Å². The Balaban J connectivity index is 1.91. The van der Waals surface area contributed by atoms with Gasteiger partial charge >= 0.3 is 0 Å². The van der Waals surface area contributed by atoms with Gasteiger partial charge in [0.05, 0.1) is 11.9 Å². The maximum Gasteiger partial charge on any atom is 0.247 e. The predicted molar refractivity (Wildman–Crippen MR) is 101 cm³/mol. The molecule has 1 aliphatic rings. The van der Waals surface area contributed by atoms with Crippen LogP contribution in [0.5, 0.6) is 0 Å². The van der Waals surface area contributed by atoms with Gasteiger partial charge in [-0.15, -0.1) is 0 Å². The highest BCUT2D eigenvalue weighted by Gasteiger charge is 2.28. The fourth-order valence-corrected chi connectivity index (χ4v) is 4.13. The number of carbonyl (C=O) groups excluding carboxylic acids is 1. The number of sulfonamides is 1. The Morgan fingerprint density at radius 2 is 1.76 bits per heavy atom. The molecule has 1 aliphatic heterocycles. The van der Waals surface area contributed by atoms with Gasteiger partial charge in [-0.3, -0.25) is 9.10 Å². The van der Waals surface area contributed by atoms with E-state index in [0.717, 1.165) is 35.1 Å². The third-order valence-corrected chi connectivity index (χ3v) is 5.50. The van der Waals surface area contributed by atoms with Gasteiger partial charge in [-0.1, -0.05) is 24.3 Å². The fourth-order valence-electron chi connectivity index (χ4n) is 3.30. The van der Waals surface area contributed by atoms with Crippen molar-refractivity contribution >= 4 is 27.3 Å². The second-order valence-corrected chi connectivity index (χ2v) is 8.45. The third-order valence-electron chi connectivity index (χ3n) is 4.36. The molecule has 1 amide bonds. The molecule has 0 bridgehead atoms. The number of hydrogen-bond acceptors (Lipinski definition) is 3. The minimum absolute atomic E-state index is 0.198. The molecule has 0 saturated heterocycles. The third kappa shape index (κ3) is 3.69. The second kappa shape index (κ2) is 6.52. The summed E-state index contributed by atoms with van der Waals surface area (Å²) in [6.45, 7) is 4.21. The Bertz CT molecular complexity index is 902. The average Bonchev–Trinajstić information content (AvgIpc) is 2.94. The van der Waals surface area contributed by atoms with Gasteiger partial charge in [0.15, 0.2) is 0 Å². The average molecular weight is 358 g/mol. The van der Waals surface area contributed by atoms with E-state index >= 15 is 0 Å². The van der Waals surface area contributed by atoms with Crippen molar-refractivity contribution in [3.8, 4) is 0 Å². The van der Waals surface area contributed by atoms with E-state index in [1.165, 1.54) is 4.31 Å². The quantitative estimate of drug-likeness (QED) is 0.844. The molecular formula is C19H22N2O3S. The first-order chi connectivity index (χ1) is 11.8. The second-order valence-electron chi connectivity index (χ2n) is 6.54. The molecule has 132 valence electrons. The zero-order chi connectivity index (χ0) is 18.2. The molecule has 0 fully saturated rings. The number of fused-ring (bicyclic) bond motifs is 1. The van der Waals surface area contributed by atoms with Crippen LogP contribution in [-0.4, -0.2) is 33.7 Å². The van der Waals surface area contributed by atoms with E-state index in [-0.39, 0.29) is 12.5 Å². The van der Waals surface area contributed by atoms with E-state index in [1.54, 1.807) is 17.0 Å². The van der Waals surface area contributed by atoms with Crippen molar-refractivity contribution in [1.29, 1.82) is 0 Å². The van der Waals surface area contributed by atoms with Gasteiger partial charge in [0.1, 0.15) is 6.54 Å². The van der Waals surface area contributed by atoms with Crippen LogP contribution in [0.2, 0.25) is 0 Å². The van der Waals surface area contributed by atoms with Crippen molar-refractivity contribution in [3.05, 3.63) is 59.2 Å². The van der Waals surface area contributed by atoms with Gasteiger partial charge < -0.3 is 4.90 Å². The number of aryl methyl sites for hydroxylation is 2. The summed E-state index contributed by atoms with van der Waals surface area (Å²) in [7, 11) is -3.57. The fraction of sp³-hybridized carbons (Fsp3) is 0.316. The number of carbonyl (C=O) groups is 1. The highest BCUT2D eigenvalue weighted by atomic mass is 32.2. The SMILES string of the molecule is Cc1cc(C)cc(N(CC(=O)N2CCc3ccccc32)S(C)(=O)=O)c1. The number of anilines is 2. The Morgan fingerprint density at radius 1 is 1.12 bits per heavy atom. The topological polar surface area (TPSA) is 57.7 Å². The minimum atomic E-state index is -3.57. The zero-order valence-electron chi connectivity index (χ0n) is 14.7. The first-order valence-corrected chi connectivity index (χ1v) is 10.0. The summed E-state index contributed by atoms with van der Waals surface area (Å²) in [6, 6.07) is 13.3. The lowest BCUT2D eigenvalue weighted by atomic mass is 10.1. The van der Waals surface area contributed by atoms with Crippen molar-refractivity contribution in [2.75, 3.05) is 28.6 Å². The first-order valence-electron chi connectivity index (χ1n) is 8.20. The van der Waals surface area contributed by atoms with Crippen molar-refractivity contribution in [3.63, 3.8) is 0 Å². The summed E-state index contributed by atoms with van der Waals surface area (Å²) in [5.74, 6) is -0.213. The summed E-state index contributed by atoms with van der Waals surface area (Å²) in [4.78, 5) is 14.5. The van der Waals surface area contributed by atoms with Gasteiger partial charge in [-0.05, 0) is 55.2 Å². The van der Waals surface area contributed by atoms with Crippen molar-refractivity contribution in [2.24, 2.45) is 0 Å². The van der Waals surface area contributed by atoms with E-state index in [2.05, 4.69) is 0 Å². The molecule has 25 heavy (non-hydrogen) atoms. The molecule has 6 heteroatoms. The summed E-state index contributed by atoms with van der Waals surface area (Å²) < 4.78 is 25.8. The predicted octanol–water partition coefficient (Wildman–Crippen LogP) is 2.66. The molecule has 0 N–H and O–H groups in total. The van der Waals surface area contributed by atoms with Crippen LogP contribution in [0.15, 0.2) is 42.5 Å². The van der Waals surface area contributed by atoms with Crippen LogP contribution in [0, 0.1) is 13.8 Å². The summed E-state index contributed by atoms with van der Waals surface area (Å²) in [5.41, 5.74) is 4.44. The van der Waals surface area contributed by atoms with Crippen LogP contribution in [0.1, 0.15) is 16.7 Å². The zero-order valence-corrected chi connectivity index (χ0v) is 15.5. The first kappa shape index (κ1) is 17.5.